The van der Waals surface area contributed by atoms with E-state index in [1.54, 1.807) is 0 Å². The molecule has 160 valence electrons. The lowest BCUT2D eigenvalue weighted by atomic mass is 10.1. The topological polar surface area (TPSA) is 43.9 Å². The first-order valence-corrected chi connectivity index (χ1v) is 11.1. The molecule has 5 heteroatoms. The third kappa shape index (κ3) is 8.40. The number of carbonyl (C=O) groups is 2. The fourth-order valence-electron chi connectivity index (χ4n) is 3.69. The van der Waals surface area contributed by atoms with Crippen molar-refractivity contribution in [3.05, 3.63) is 42.0 Å². The number of amides is 2. The second-order valence-electron chi connectivity index (χ2n) is 7.73. The first-order valence-electron chi connectivity index (χ1n) is 11.1. The van der Waals surface area contributed by atoms with Crippen LogP contribution in [-0.4, -0.2) is 72.3 Å². The predicted molar refractivity (Wildman–Crippen MR) is 120 cm³/mol. The van der Waals surface area contributed by atoms with Crippen molar-refractivity contribution in [2.75, 3.05) is 45.8 Å². The zero-order chi connectivity index (χ0) is 20.9. The molecule has 0 aromatic heterocycles. The summed E-state index contributed by atoms with van der Waals surface area (Å²) >= 11 is 0. The van der Waals surface area contributed by atoms with E-state index in [0.717, 1.165) is 58.7 Å². The summed E-state index contributed by atoms with van der Waals surface area (Å²) in [5.74, 6) is 0.381. The summed E-state index contributed by atoms with van der Waals surface area (Å²) in [6.07, 6.45) is 7.92. The van der Waals surface area contributed by atoms with E-state index < -0.39 is 0 Å². The second kappa shape index (κ2) is 13.2. The van der Waals surface area contributed by atoms with Crippen LogP contribution < -0.4 is 0 Å². The van der Waals surface area contributed by atoms with Gasteiger partial charge in [-0.3, -0.25) is 14.5 Å². The molecule has 1 aromatic carbocycles. The third-order valence-electron chi connectivity index (χ3n) is 5.32. The molecule has 2 amide bonds. The van der Waals surface area contributed by atoms with E-state index in [0.29, 0.717) is 19.3 Å². The Labute approximate surface area is 176 Å². The van der Waals surface area contributed by atoms with Crippen LogP contribution in [0.5, 0.6) is 0 Å². The monoisotopic (exact) mass is 399 g/mol. The number of hydrogen-bond donors (Lipinski definition) is 0. The third-order valence-corrected chi connectivity index (χ3v) is 5.32. The van der Waals surface area contributed by atoms with Crippen molar-refractivity contribution in [1.29, 1.82) is 0 Å². The minimum Gasteiger partial charge on any atom is -0.343 e. The van der Waals surface area contributed by atoms with Gasteiger partial charge in [-0.15, -0.1) is 0 Å². The number of piperazine rings is 1. The van der Waals surface area contributed by atoms with E-state index in [1.807, 2.05) is 28.0 Å². The normalized spacial score (nSPS) is 15.0. The van der Waals surface area contributed by atoms with E-state index in [4.69, 9.17) is 0 Å². The number of carbonyl (C=O) groups excluding carboxylic acids is 2. The number of hydrogen-bond acceptors (Lipinski definition) is 3. The first kappa shape index (κ1) is 23.1. The lowest BCUT2D eigenvalue weighted by molar-refractivity contribution is -0.133. The molecule has 1 fully saturated rings. The summed E-state index contributed by atoms with van der Waals surface area (Å²) in [7, 11) is 0. The highest BCUT2D eigenvalue weighted by Crippen LogP contribution is 2.09. The molecule has 0 spiro atoms. The SMILES string of the molecule is CCCN(CCC)C(=O)CCCC(=O)N1CCN(C/C=C/c2ccccc2)CC1. The lowest BCUT2D eigenvalue weighted by Crippen LogP contribution is -2.48. The quantitative estimate of drug-likeness (QED) is 0.570. The van der Waals surface area contributed by atoms with Crippen LogP contribution in [0.4, 0.5) is 0 Å². The van der Waals surface area contributed by atoms with Crippen LogP contribution in [0.1, 0.15) is 51.5 Å². The van der Waals surface area contributed by atoms with E-state index >= 15 is 0 Å². The smallest absolute Gasteiger partial charge is 0.222 e. The van der Waals surface area contributed by atoms with Crippen molar-refractivity contribution >= 4 is 17.9 Å². The molecule has 1 aliphatic rings. The first-order chi connectivity index (χ1) is 14.1. The van der Waals surface area contributed by atoms with Crippen molar-refractivity contribution in [1.82, 2.24) is 14.7 Å². The molecule has 29 heavy (non-hydrogen) atoms. The van der Waals surface area contributed by atoms with Gasteiger partial charge in [0.25, 0.3) is 0 Å². The van der Waals surface area contributed by atoms with Crippen LogP contribution >= 0.6 is 0 Å². The Bertz CT molecular complexity index is 631. The lowest BCUT2D eigenvalue weighted by Gasteiger charge is -2.34. The second-order valence-corrected chi connectivity index (χ2v) is 7.73. The highest BCUT2D eigenvalue weighted by molar-refractivity contribution is 5.79. The molecule has 0 saturated carbocycles. The van der Waals surface area contributed by atoms with Gasteiger partial charge in [-0.2, -0.15) is 0 Å². The zero-order valence-electron chi connectivity index (χ0n) is 18.2. The Morgan fingerprint density at radius 2 is 1.62 bits per heavy atom. The Hall–Kier alpha value is -2.14. The van der Waals surface area contributed by atoms with Crippen molar-refractivity contribution in [3.8, 4) is 0 Å². The number of rotatable bonds is 11. The molecule has 0 atom stereocenters. The van der Waals surface area contributed by atoms with Gasteiger partial charge in [-0.1, -0.05) is 56.3 Å². The van der Waals surface area contributed by atoms with E-state index in [2.05, 4.69) is 43.0 Å². The molecular formula is C24H37N3O2. The predicted octanol–water partition coefficient (Wildman–Crippen LogP) is 3.66. The van der Waals surface area contributed by atoms with Gasteiger partial charge in [-0.05, 0) is 24.8 Å². The summed E-state index contributed by atoms with van der Waals surface area (Å²) in [5.41, 5.74) is 1.22. The maximum Gasteiger partial charge on any atom is 0.222 e. The molecule has 0 N–H and O–H groups in total. The van der Waals surface area contributed by atoms with Crippen LogP contribution in [0.3, 0.4) is 0 Å². The summed E-state index contributed by atoms with van der Waals surface area (Å²) in [6.45, 7) is 10.1. The number of benzene rings is 1. The van der Waals surface area contributed by atoms with Gasteiger partial charge in [0.05, 0.1) is 0 Å². The molecule has 1 aliphatic heterocycles. The molecule has 1 aromatic rings. The van der Waals surface area contributed by atoms with Crippen molar-refractivity contribution in [2.24, 2.45) is 0 Å². The maximum absolute atomic E-state index is 12.5. The van der Waals surface area contributed by atoms with Gasteiger partial charge in [-0.25, -0.2) is 0 Å². The highest BCUT2D eigenvalue weighted by Gasteiger charge is 2.20. The molecule has 1 heterocycles. The van der Waals surface area contributed by atoms with Crippen LogP contribution in [0.15, 0.2) is 36.4 Å². The molecule has 1 saturated heterocycles. The molecule has 0 radical (unpaired) electrons. The molecule has 0 aliphatic carbocycles. The minimum absolute atomic E-state index is 0.190. The maximum atomic E-state index is 12.5. The van der Waals surface area contributed by atoms with Crippen LogP contribution in [0, 0.1) is 0 Å². The van der Waals surface area contributed by atoms with Gasteiger partial charge in [0.15, 0.2) is 0 Å². The molecule has 0 bridgehead atoms. The number of nitrogens with zero attached hydrogens (tertiary/aromatic N) is 3. The fourth-order valence-corrected chi connectivity index (χ4v) is 3.69. The molecular weight excluding hydrogens is 362 g/mol. The van der Waals surface area contributed by atoms with Crippen molar-refractivity contribution < 1.29 is 9.59 Å². The minimum atomic E-state index is 0.190. The summed E-state index contributed by atoms with van der Waals surface area (Å²) in [5, 5.41) is 0. The molecule has 0 unspecified atom stereocenters. The van der Waals surface area contributed by atoms with Crippen molar-refractivity contribution in [3.63, 3.8) is 0 Å². The van der Waals surface area contributed by atoms with Gasteiger partial charge in [0, 0.05) is 58.7 Å². The Morgan fingerprint density at radius 1 is 0.966 bits per heavy atom. The van der Waals surface area contributed by atoms with Gasteiger partial charge >= 0.3 is 0 Å². The Morgan fingerprint density at radius 3 is 2.24 bits per heavy atom. The van der Waals surface area contributed by atoms with Crippen LogP contribution in [0.25, 0.3) is 6.08 Å². The van der Waals surface area contributed by atoms with Crippen molar-refractivity contribution in [2.45, 2.75) is 46.0 Å². The highest BCUT2D eigenvalue weighted by atomic mass is 16.2. The summed E-state index contributed by atoms with van der Waals surface area (Å²) < 4.78 is 0. The van der Waals surface area contributed by atoms with Gasteiger partial charge in [0.2, 0.25) is 11.8 Å². The summed E-state index contributed by atoms with van der Waals surface area (Å²) in [6, 6.07) is 10.3. The summed E-state index contributed by atoms with van der Waals surface area (Å²) in [4.78, 5) is 31.1. The average molecular weight is 400 g/mol. The van der Waals surface area contributed by atoms with Crippen LogP contribution in [-0.2, 0) is 9.59 Å². The Balaban J connectivity index is 1.64. The standard InChI is InChI=1S/C24H37N3O2/c1-3-15-26(16-4-2)23(28)13-8-14-24(29)27-20-18-25(19-21-27)17-9-12-22-10-6-5-7-11-22/h5-7,9-12H,3-4,8,13-21H2,1-2H3/b12-9+. The molecule has 2 rings (SSSR count). The van der Waals surface area contributed by atoms with Gasteiger partial charge in [0.1, 0.15) is 0 Å². The Kier molecular flexibility index (Phi) is 10.5. The average Bonchev–Trinajstić information content (AvgIpc) is 2.74. The van der Waals surface area contributed by atoms with Gasteiger partial charge < -0.3 is 9.80 Å². The van der Waals surface area contributed by atoms with E-state index in [1.165, 1.54) is 5.56 Å². The van der Waals surface area contributed by atoms with Crippen LogP contribution in [0.2, 0.25) is 0 Å². The van der Waals surface area contributed by atoms with E-state index in [9.17, 15) is 9.59 Å². The molecule has 5 nitrogen and oxygen atoms in total. The fraction of sp³-hybridized carbons (Fsp3) is 0.583. The largest absolute Gasteiger partial charge is 0.343 e. The zero-order valence-corrected chi connectivity index (χ0v) is 18.2. The van der Waals surface area contributed by atoms with E-state index in [-0.39, 0.29) is 11.8 Å².